The van der Waals surface area contributed by atoms with Gasteiger partial charge in [-0.2, -0.15) is 0 Å². The van der Waals surface area contributed by atoms with Crippen LogP contribution in [-0.2, 0) is 14.9 Å². The summed E-state index contributed by atoms with van der Waals surface area (Å²) in [6.07, 6.45) is 0. The first-order chi connectivity index (χ1) is 7.80. The lowest BCUT2D eigenvalue weighted by molar-refractivity contribution is -0.384. The summed E-state index contributed by atoms with van der Waals surface area (Å²) in [6.45, 7) is 0. The lowest BCUT2D eigenvalue weighted by Crippen LogP contribution is -2.25. The molecule has 7 nitrogen and oxygen atoms in total. The van der Waals surface area contributed by atoms with Gasteiger partial charge >= 0.3 is 0 Å². The van der Waals surface area contributed by atoms with Crippen LogP contribution in [0.3, 0.4) is 0 Å². The second-order valence-corrected chi connectivity index (χ2v) is 5.31. The first kappa shape index (κ1) is 13.8. The van der Waals surface area contributed by atoms with Gasteiger partial charge in [0, 0.05) is 13.1 Å². The van der Waals surface area contributed by atoms with E-state index in [0.29, 0.717) is 4.47 Å². The number of benzene rings is 1. The molecule has 1 rings (SSSR count). The molecule has 0 N–H and O–H groups in total. The number of sulfonamides is 1. The molecule has 0 heterocycles. The van der Waals surface area contributed by atoms with Crippen molar-refractivity contribution >= 4 is 27.3 Å². The molecule has 0 spiro atoms. The van der Waals surface area contributed by atoms with Gasteiger partial charge in [0.25, 0.3) is 15.7 Å². The van der Waals surface area contributed by atoms with Gasteiger partial charge < -0.3 is 0 Å². The van der Waals surface area contributed by atoms with E-state index in [-0.39, 0.29) is 9.92 Å². The van der Waals surface area contributed by atoms with Crippen molar-refractivity contribution in [3.8, 4) is 0 Å². The average Bonchev–Trinajstić information content (AvgIpc) is 2.27. The largest absolute Gasteiger partial charge is 0.289 e. The first-order valence-electron chi connectivity index (χ1n) is 4.27. The molecule has 0 bridgehead atoms. The van der Waals surface area contributed by atoms with E-state index in [2.05, 4.69) is 4.84 Å². The molecule has 0 fully saturated rings. The summed E-state index contributed by atoms with van der Waals surface area (Å²) in [4.78, 5) is 14.1. The van der Waals surface area contributed by atoms with Crippen molar-refractivity contribution in [1.82, 2.24) is 4.47 Å². The summed E-state index contributed by atoms with van der Waals surface area (Å²) in [7, 11) is -1.57. The normalized spacial score (nSPS) is 11.8. The predicted molar refractivity (Wildman–Crippen MR) is 60.1 cm³/mol. The van der Waals surface area contributed by atoms with Gasteiger partial charge in [-0.15, -0.1) is 0 Å². The van der Waals surface area contributed by atoms with Crippen molar-refractivity contribution in [2.75, 3.05) is 14.2 Å². The first-order valence-corrected chi connectivity index (χ1v) is 6.09. The molecule has 0 saturated heterocycles. The number of rotatable bonds is 4. The number of hydrogen-bond donors (Lipinski definition) is 0. The Hall–Kier alpha value is -1.22. The van der Waals surface area contributed by atoms with E-state index >= 15 is 0 Å². The fourth-order valence-electron chi connectivity index (χ4n) is 1.04. The Morgan fingerprint density at radius 1 is 1.47 bits per heavy atom. The Morgan fingerprint density at radius 3 is 2.53 bits per heavy atom. The Bertz CT molecular complexity index is 545. The van der Waals surface area contributed by atoms with Crippen molar-refractivity contribution in [2.45, 2.75) is 4.90 Å². The molecule has 0 amide bonds. The minimum atomic E-state index is -3.91. The third kappa shape index (κ3) is 2.72. The van der Waals surface area contributed by atoms with E-state index < -0.39 is 20.6 Å². The third-order valence-corrected chi connectivity index (χ3v) is 4.00. The van der Waals surface area contributed by atoms with Gasteiger partial charge in [0.05, 0.1) is 16.9 Å². The van der Waals surface area contributed by atoms with Crippen LogP contribution in [0, 0.1) is 10.1 Å². The summed E-state index contributed by atoms with van der Waals surface area (Å²) < 4.78 is 24.2. The Morgan fingerprint density at radius 2 is 2.06 bits per heavy atom. The van der Waals surface area contributed by atoms with Crippen LogP contribution in [0.4, 0.5) is 5.69 Å². The van der Waals surface area contributed by atoms with Crippen LogP contribution in [0.2, 0.25) is 5.02 Å². The van der Waals surface area contributed by atoms with Crippen LogP contribution >= 0.6 is 11.6 Å². The summed E-state index contributed by atoms with van der Waals surface area (Å²) >= 11 is 5.57. The van der Waals surface area contributed by atoms with Crippen LogP contribution in [0.25, 0.3) is 0 Å². The quantitative estimate of drug-likeness (QED) is 0.615. The number of nitro benzene ring substituents is 1. The van der Waals surface area contributed by atoms with Gasteiger partial charge in [0.2, 0.25) is 0 Å². The molecule has 1 aromatic carbocycles. The highest BCUT2D eigenvalue weighted by atomic mass is 35.5. The molecule has 0 aromatic heterocycles. The average molecular weight is 281 g/mol. The molecule has 17 heavy (non-hydrogen) atoms. The molecular weight excluding hydrogens is 272 g/mol. The predicted octanol–water partition coefficient (Wildman–Crippen LogP) is 1.43. The van der Waals surface area contributed by atoms with Crippen molar-refractivity contribution in [1.29, 1.82) is 0 Å². The molecule has 0 radical (unpaired) electrons. The van der Waals surface area contributed by atoms with E-state index in [1.165, 1.54) is 20.2 Å². The smallest absolute Gasteiger partial charge is 0.288 e. The fourth-order valence-corrected chi connectivity index (χ4v) is 2.22. The van der Waals surface area contributed by atoms with Crippen molar-refractivity contribution in [3.05, 3.63) is 33.3 Å². The monoisotopic (exact) mass is 280 g/mol. The molecule has 0 aliphatic heterocycles. The number of hydrogen-bond acceptors (Lipinski definition) is 5. The van der Waals surface area contributed by atoms with Gasteiger partial charge in [-0.1, -0.05) is 16.1 Å². The zero-order valence-electron chi connectivity index (χ0n) is 8.95. The second-order valence-electron chi connectivity index (χ2n) is 2.97. The van der Waals surface area contributed by atoms with Crippen LogP contribution in [-0.4, -0.2) is 32.0 Å². The van der Waals surface area contributed by atoms with Crippen LogP contribution in [0.15, 0.2) is 23.1 Å². The van der Waals surface area contributed by atoms with Gasteiger partial charge in [-0.3, -0.25) is 15.0 Å². The maximum absolute atomic E-state index is 11.8. The topological polar surface area (TPSA) is 89.8 Å². The number of halogens is 1. The lowest BCUT2D eigenvalue weighted by atomic mass is 10.3. The van der Waals surface area contributed by atoms with Gasteiger partial charge in [0.1, 0.15) is 5.02 Å². The molecule has 0 aliphatic carbocycles. The second kappa shape index (κ2) is 4.96. The van der Waals surface area contributed by atoms with Gasteiger partial charge in [-0.05, 0) is 12.1 Å². The standard InChI is InChI=1S/C8H9ClN2O5S/c1-10(16-2)17(14,15)6-3-4-7(9)8(5-6)11(12)13/h3-5H,1-2H3. The maximum Gasteiger partial charge on any atom is 0.289 e. The molecular formula is C8H9ClN2O5S. The molecule has 0 unspecified atom stereocenters. The van der Waals surface area contributed by atoms with E-state index in [1.54, 1.807) is 0 Å². The van der Waals surface area contributed by atoms with E-state index in [4.69, 9.17) is 11.6 Å². The Balaban J connectivity index is 3.35. The molecule has 0 atom stereocenters. The van der Waals surface area contributed by atoms with Gasteiger partial charge in [-0.25, -0.2) is 8.42 Å². The van der Waals surface area contributed by atoms with Crippen LogP contribution in [0.5, 0.6) is 0 Å². The van der Waals surface area contributed by atoms with Crippen LogP contribution < -0.4 is 0 Å². The van der Waals surface area contributed by atoms with E-state index in [0.717, 1.165) is 12.1 Å². The molecule has 1 aromatic rings. The number of nitro groups is 1. The highest BCUT2D eigenvalue weighted by molar-refractivity contribution is 7.89. The van der Waals surface area contributed by atoms with E-state index in [1.807, 2.05) is 0 Å². The van der Waals surface area contributed by atoms with Crippen LogP contribution in [0.1, 0.15) is 0 Å². The summed E-state index contributed by atoms with van der Waals surface area (Å²) in [5, 5.41) is 10.5. The highest BCUT2D eigenvalue weighted by Gasteiger charge is 2.24. The molecule has 0 aliphatic rings. The molecule has 94 valence electrons. The minimum absolute atomic E-state index is 0.131. The summed E-state index contributed by atoms with van der Waals surface area (Å²) in [6, 6.07) is 3.20. The van der Waals surface area contributed by atoms with Crippen molar-refractivity contribution in [3.63, 3.8) is 0 Å². The lowest BCUT2D eigenvalue weighted by Gasteiger charge is -2.13. The van der Waals surface area contributed by atoms with Crippen molar-refractivity contribution in [2.24, 2.45) is 0 Å². The Kier molecular flexibility index (Phi) is 4.04. The SMILES string of the molecule is CON(C)S(=O)(=O)c1ccc(Cl)c([N+](=O)[O-])c1. The molecule has 9 heteroatoms. The summed E-state index contributed by atoms with van der Waals surface area (Å²) in [5.41, 5.74) is -0.475. The third-order valence-electron chi connectivity index (χ3n) is 2.01. The van der Waals surface area contributed by atoms with Gasteiger partial charge in [0.15, 0.2) is 0 Å². The Labute approximate surface area is 103 Å². The van der Waals surface area contributed by atoms with Crippen molar-refractivity contribution < 1.29 is 18.2 Å². The zero-order chi connectivity index (χ0) is 13.2. The number of hydroxylamine groups is 1. The maximum atomic E-state index is 11.8. The number of nitrogens with zero attached hydrogens (tertiary/aromatic N) is 2. The van der Waals surface area contributed by atoms with E-state index in [9.17, 15) is 18.5 Å². The zero-order valence-corrected chi connectivity index (χ0v) is 10.5. The minimum Gasteiger partial charge on any atom is -0.288 e. The highest BCUT2D eigenvalue weighted by Crippen LogP contribution is 2.28. The molecule has 0 saturated carbocycles. The fraction of sp³-hybridized carbons (Fsp3) is 0.250. The summed E-state index contributed by atoms with van der Waals surface area (Å²) in [5.74, 6) is 0.